The highest BCUT2D eigenvalue weighted by atomic mass is 79.9. The maximum atomic E-state index is 10.9. The third kappa shape index (κ3) is 3.81. The molecule has 0 unspecified atom stereocenters. The fourth-order valence-corrected chi connectivity index (χ4v) is 1.87. The number of carbonyl (C=O) groups is 1. The molecular weight excluding hydrogens is 340 g/mol. The van der Waals surface area contributed by atoms with Crippen molar-refractivity contribution in [2.75, 3.05) is 0 Å². The number of hydrogen-bond acceptors (Lipinski definition) is 5. The Balaban J connectivity index is 2.11. The smallest absolute Gasteiger partial charge is 0.335 e. The molecule has 2 rings (SSSR count). The molecule has 0 aliphatic heterocycles. The van der Waals surface area contributed by atoms with E-state index >= 15 is 0 Å². The number of rotatable bonds is 4. The van der Waals surface area contributed by atoms with Crippen molar-refractivity contribution in [2.24, 2.45) is 0 Å². The van der Waals surface area contributed by atoms with Gasteiger partial charge in [-0.1, -0.05) is 25.9 Å². The SMILES string of the molecule is CC(C)(C)c1nc(COc2cc(C(=O)O)ccc2Br)no1. The van der Waals surface area contributed by atoms with Crippen LogP contribution in [0.1, 0.15) is 42.8 Å². The second-order valence-corrected chi connectivity index (χ2v) is 6.36. The second kappa shape index (κ2) is 5.85. The third-order valence-corrected chi connectivity index (χ3v) is 3.30. The average Bonchev–Trinajstić information content (AvgIpc) is 2.86. The maximum Gasteiger partial charge on any atom is 0.335 e. The Morgan fingerprint density at radius 1 is 1.43 bits per heavy atom. The van der Waals surface area contributed by atoms with E-state index in [9.17, 15) is 4.79 Å². The van der Waals surface area contributed by atoms with Gasteiger partial charge in [0.1, 0.15) is 5.75 Å². The predicted octanol–water partition coefficient (Wildman–Crippen LogP) is 3.41. The quantitative estimate of drug-likeness (QED) is 0.905. The summed E-state index contributed by atoms with van der Waals surface area (Å²) in [5, 5.41) is 12.8. The zero-order valence-corrected chi connectivity index (χ0v) is 13.5. The molecule has 1 heterocycles. The van der Waals surface area contributed by atoms with Gasteiger partial charge in [-0.05, 0) is 34.1 Å². The molecule has 0 aliphatic carbocycles. The Hall–Kier alpha value is -1.89. The number of nitrogens with zero attached hydrogens (tertiary/aromatic N) is 2. The van der Waals surface area contributed by atoms with E-state index in [1.807, 2.05) is 20.8 Å². The topological polar surface area (TPSA) is 85.5 Å². The van der Waals surface area contributed by atoms with Crippen LogP contribution in [0.2, 0.25) is 0 Å². The summed E-state index contributed by atoms with van der Waals surface area (Å²) < 4.78 is 11.4. The normalized spacial score (nSPS) is 11.4. The zero-order valence-electron chi connectivity index (χ0n) is 11.9. The van der Waals surface area contributed by atoms with E-state index in [0.717, 1.165) is 0 Å². The Kier molecular flexibility index (Phi) is 4.32. The van der Waals surface area contributed by atoms with Crippen molar-refractivity contribution in [3.05, 3.63) is 40.0 Å². The third-order valence-electron chi connectivity index (χ3n) is 2.64. The molecule has 1 aromatic heterocycles. The first-order valence-electron chi connectivity index (χ1n) is 6.26. The summed E-state index contributed by atoms with van der Waals surface area (Å²) in [5.41, 5.74) is -0.0774. The van der Waals surface area contributed by atoms with Crippen LogP contribution in [0.3, 0.4) is 0 Å². The van der Waals surface area contributed by atoms with Gasteiger partial charge in [0.25, 0.3) is 0 Å². The van der Waals surface area contributed by atoms with Crippen molar-refractivity contribution in [3.8, 4) is 5.75 Å². The molecule has 7 heteroatoms. The monoisotopic (exact) mass is 354 g/mol. The number of hydrogen-bond donors (Lipinski definition) is 1. The first-order chi connectivity index (χ1) is 9.77. The number of halogens is 1. The summed E-state index contributed by atoms with van der Waals surface area (Å²) in [7, 11) is 0. The van der Waals surface area contributed by atoms with Gasteiger partial charge in [0, 0.05) is 5.41 Å². The molecule has 1 N–H and O–H groups in total. The summed E-state index contributed by atoms with van der Waals surface area (Å²) in [6, 6.07) is 4.55. The summed E-state index contributed by atoms with van der Waals surface area (Å²) in [4.78, 5) is 15.2. The highest BCUT2D eigenvalue weighted by molar-refractivity contribution is 9.10. The lowest BCUT2D eigenvalue weighted by Crippen LogP contribution is -2.11. The van der Waals surface area contributed by atoms with Crippen LogP contribution in [0.15, 0.2) is 27.2 Å². The minimum absolute atomic E-state index is 0.0985. The summed E-state index contributed by atoms with van der Waals surface area (Å²) in [6.07, 6.45) is 0. The lowest BCUT2D eigenvalue weighted by Gasteiger charge is -2.10. The van der Waals surface area contributed by atoms with Gasteiger partial charge >= 0.3 is 5.97 Å². The average molecular weight is 355 g/mol. The standard InChI is InChI=1S/C14H15BrN2O4/c1-14(2,3)13-16-11(17-21-13)7-20-10-6-8(12(18)19)4-5-9(10)15/h4-6H,7H2,1-3H3,(H,18,19). The van der Waals surface area contributed by atoms with Gasteiger partial charge < -0.3 is 14.4 Å². The molecule has 2 aromatic rings. The molecule has 6 nitrogen and oxygen atoms in total. The first kappa shape index (κ1) is 15.5. The van der Waals surface area contributed by atoms with Crippen LogP contribution >= 0.6 is 15.9 Å². The highest BCUT2D eigenvalue weighted by Crippen LogP contribution is 2.27. The Bertz CT molecular complexity index is 661. The number of carboxylic acids is 1. The van der Waals surface area contributed by atoms with Gasteiger partial charge in [0.2, 0.25) is 11.7 Å². The van der Waals surface area contributed by atoms with E-state index < -0.39 is 5.97 Å². The lowest BCUT2D eigenvalue weighted by molar-refractivity contribution is 0.0696. The Labute approximate surface area is 130 Å². The molecule has 0 bridgehead atoms. The molecule has 0 aliphatic rings. The maximum absolute atomic E-state index is 10.9. The number of aromatic carboxylic acids is 1. The Morgan fingerprint density at radius 2 is 2.14 bits per heavy atom. The fraction of sp³-hybridized carbons (Fsp3) is 0.357. The minimum Gasteiger partial charge on any atom is -0.484 e. The van der Waals surface area contributed by atoms with E-state index in [1.165, 1.54) is 12.1 Å². The van der Waals surface area contributed by atoms with E-state index in [-0.39, 0.29) is 17.6 Å². The number of carboxylic acid groups (broad SMARTS) is 1. The molecule has 1 aromatic carbocycles. The van der Waals surface area contributed by atoms with Crippen LogP contribution in [0.4, 0.5) is 0 Å². The van der Waals surface area contributed by atoms with Gasteiger partial charge in [0.05, 0.1) is 10.0 Å². The van der Waals surface area contributed by atoms with Crippen molar-refractivity contribution in [1.29, 1.82) is 0 Å². The van der Waals surface area contributed by atoms with Crippen LogP contribution in [-0.4, -0.2) is 21.2 Å². The van der Waals surface area contributed by atoms with E-state index in [4.69, 9.17) is 14.4 Å². The van der Waals surface area contributed by atoms with Crippen molar-refractivity contribution in [1.82, 2.24) is 10.1 Å². The van der Waals surface area contributed by atoms with E-state index in [1.54, 1.807) is 6.07 Å². The summed E-state index contributed by atoms with van der Waals surface area (Å²) in [5.74, 6) is 0.339. The van der Waals surface area contributed by atoms with Crippen molar-refractivity contribution in [2.45, 2.75) is 32.8 Å². The lowest BCUT2D eigenvalue weighted by atomic mass is 9.97. The number of aromatic nitrogens is 2. The number of benzene rings is 1. The van der Waals surface area contributed by atoms with Crippen molar-refractivity contribution in [3.63, 3.8) is 0 Å². The summed E-state index contributed by atoms with van der Waals surface area (Å²) >= 11 is 3.31. The van der Waals surface area contributed by atoms with Gasteiger partial charge in [-0.2, -0.15) is 4.98 Å². The summed E-state index contributed by atoms with van der Waals surface area (Å²) in [6.45, 7) is 6.01. The molecule has 0 fully saturated rings. The second-order valence-electron chi connectivity index (χ2n) is 5.50. The van der Waals surface area contributed by atoms with Crippen LogP contribution in [0.5, 0.6) is 5.75 Å². The minimum atomic E-state index is -1.01. The first-order valence-corrected chi connectivity index (χ1v) is 7.05. The molecule has 0 atom stereocenters. The van der Waals surface area contributed by atoms with Gasteiger partial charge in [-0.3, -0.25) is 0 Å². The largest absolute Gasteiger partial charge is 0.484 e. The highest BCUT2D eigenvalue weighted by Gasteiger charge is 2.22. The van der Waals surface area contributed by atoms with Crippen LogP contribution < -0.4 is 4.74 Å². The molecule has 0 radical (unpaired) electrons. The fourth-order valence-electron chi connectivity index (χ4n) is 1.51. The van der Waals surface area contributed by atoms with Gasteiger partial charge in [-0.15, -0.1) is 0 Å². The molecule has 0 spiro atoms. The molecular formula is C14H15BrN2O4. The van der Waals surface area contributed by atoms with Crippen LogP contribution in [0, 0.1) is 0 Å². The molecule has 0 saturated carbocycles. The predicted molar refractivity (Wildman–Crippen MR) is 78.4 cm³/mol. The number of ether oxygens (including phenoxy) is 1. The molecule has 112 valence electrons. The zero-order chi connectivity index (χ0) is 15.6. The van der Waals surface area contributed by atoms with Crippen LogP contribution in [-0.2, 0) is 12.0 Å². The van der Waals surface area contributed by atoms with E-state index in [2.05, 4.69) is 26.1 Å². The van der Waals surface area contributed by atoms with Crippen LogP contribution in [0.25, 0.3) is 0 Å². The molecule has 0 saturated heterocycles. The Morgan fingerprint density at radius 3 is 2.71 bits per heavy atom. The van der Waals surface area contributed by atoms with E-state index in [0.29, 0.717) is 21.9 Å². The van der Waals surface area contributed by atoms with Gasteiger partial charge in [-0.25, -0.2) is 4.79 Å². The van der Waals surface area contributed by atoms with Crippen molar-refractivity contribution >= 4 is 21.9 Å². The van der Waals surface area contributed by atoms with Crippen molar-refractivity contribution < 1.29 is 19.2 Å². The molecule has 21 heavy (non-hydrogen) atoms. The molecule has 0 amide bonds. The van der Waals surface area contributed by atoms with Gasteiger partial charge in [0.15, 0.2) is 6.61 Å².